The smallest absolute Gasteiger partial charge is 0.147 e. The van der Waals surface area contributed by atoms with E-state index < -0.39 is 0 Å². The van der Waals surface area contributed by atoms with Gasteiger partial charge in [-0.3, -0.25) is 0 Å². The molecule has 1 aromatic rings. The maximum Gasteiger partial charge on any atom is 0.147 e. The molecule has 0 saturated heterocycles. The van der Waals surface area contributed by atoms with Crippen LogP contribution in [-0.4, -0.2) is 0 Å². The Balaban J connectivity index is 2.33. The SMILES string of the molecule is CC1(C)CCCCC1C(N)c1ccc(Br)c(Cl)c1F. The second-order valence-electron chi connectivity index (χ2n) is 6.13. The van der Waals surface area contributed by atoms with Crippen LogP contribution in [0.4, 0.5) is 4.39 Å². The van der Waals surface area contributed by atoms with Gasteiger partial charge in [-0.25, -0.2) is 4.39 Å². The third kappa shape index (κ3) is 2.98. The zero-order valence-electron chi connectivity index (χ0n) is 11.3. The predicted molar refractivity (Wildman–Crippen MR) is 81.8 cm³/mol. The summed E-state index contributed by atoms with van der Waals surface area (Å²) in [5, 5.41) is 0.126. The summed E-state index contributed by atoms with van der Waals surface area (Å²) in [7, 11) is 0. The lowest BCUT2D eigenvalue weighted by Crippen LogP contribution is -2.36. The molecule has 0 heterocycles. The minimum absolute atomic E-state index is 0.126. The molecule has 1 fully saturated rings. The van der Waals surface area contributed by atoms with Crippen molar-refractivity contribution in [2.75, 3.05) is 0 Å². The van der Waals surface area contributed by atoms with E-state index >= 15 is 0 Å². The van der Waals surface area contributed by atoms with E-state index in [4.69, 9.17) is 17.3 Å². The second-order valence-corrected chi connectivity index (χ2v) is 7.36. The Labute approximate surface area is 127 Å². The van der Waals surface area contributed by atoms with Crippen molar-refractivity contribution in [2.24, 2.45) is 17.1 Å². The van der Waals surface area contributed by atoms with Crippen molar-refractivity contribution in [1.82, 2.24) is 0 Å². The number of benzene rings is 1. The molecule has 1 aromatic carbocycles. The first kappa shape index (κ1) is 15.3. The summed E-state index contributed by atoms with van der Waals surface area (Å²) in [6, 6.07) is 3.23. The summed E-state index contributed by atoms with van der Waals surface area (Å²) >= 11 is 9.19. The van der Waals surface area contributed by atoms with E-state index in [1.54, 1.807) is 12.1 Å². The highest BCUT2D eigenvalue weighted by Crippen LogP contribution is 2.46. The van der Waals surface area contributed by atoms with Gasteiger partial charge in [-0.15, -0.1) is 0 Å². The van der Waals surface area contributed by atoms with E-state index in [1.807, 2.05) is 0 Å². The molecule has 1 nitrogen and oxygen atoms in total. The molecule has 2 unspecified atom stereocenters. The van der Waals surface area contributed by atoms with Gasteiger partial charge in [0.15, 0.2) is 0 Å². The van der Waals surface area contributed by atoms with Crippen molar-refractivity contribution in [3.8, 4) is 0 Å². The molecule has 2 atom stereocenters. The first-order valence-electron chi connectivity index (χ1n) is 6.73. The van der Waals surface area contributed by atoms with Gasteiger partial charge in [-0.05, 0) is 46.2 Å². The Kier molecular flexibility index (Phi) is 4.59. The van der Waals surface area contributed by atoms with Gasteiger partial charge in [-0.1, -0.05) is 44.4 Å². The summed E-state index contributed by atoms with van der Waals surface area (Å²) in [5.74, 6) is -0.0853. The number of hydrogen-bond acceptors (Lipinski definition) is 1. The van der Waals surface area contributed by atoms with Crippen LogP contribution in [0, 0.1) is 17.2 Å². The van der Waals surface area contributed by atoms with Crippen molar-refractivity contribution in [1.29, 1.82) is 0 Å². The quantitative estimate of drug-likeness (QED) is 0.706. The maximum atomic E-state index is 14.3. The summed E-state index contributed by atoms with van der Waals surface area (Å²) in [5.41, 5.74) is 7.04. The van der Waals surface area contributed by atoms with Gasteiger partial charge in [0, 0.05) is 16.1 Å². The van der Waals surface area contributed by atoms with Crippen LogP contribution in [0.5, 0.6) is 0 Å². The van der Waals surface area contributed by atoms with E-state index in [9.17, 15) is 4.39 Å². The molecule has 1 aliphatic rings. The average molecular weight is 349 g/mol. The van der Waals surface area contributed by atoms with Gasteiger partial charge in [0.05, 0.1) is 5.02 Å². The first-order chi connectivity index (χ1) is 8.84. The first-order valence-corrected chi connectivity index (χ1v) is 7.90. The third-order valence-corrected chi connectivity index (χ3v) is 5.71. The van der Waals surface area contributed by atoms with Crippen LogP contribution in [0.2, 0.25) is 5.02 Å². The third-order valence-electron chi connectivity index (χ3n) is 4.45. The Bertz CT molecular complexity index is 475. The van der Waals surface area contributed by atoms with Crippen molar-refractivity contribution < 1.29 is 4.39 Å². The number of hydrogen-bond donors (Lipinski definition) is 1. The topological polar surface area (TPSA) is 26.0 Å². The largest absolute Gasteiger partial charge is 0.324 e. The fourth-order valence-corrected chi connectivity index (χ4v) is 3.68. The van der Waals surface area contributed by atoms with Gasteiger partial charge in [0.25, 0.3) is 0 Å². The van der Waals surface area contributed by atoms with Crippen LogP contribution in [0.25, 0.3) is 0 Å². The van der Waals surface area contributed by atoms with Crippen molar-refractivity contribution in [3.63, 3.8) is 0 Å². The van der Waals surface area contributed by atoms with Crippen molar-refractivity contribution in [2.45, 2.75) is 45.6 Å². The maximum absolute atomic E-state index is 14.3. The van der Waals surface area contributed by atoms with E-state index in [0.29, 0.717) is 16.0 Å². The van der Waals surface area contributed by atoms with Gasteiger partial charge in [0.1, 0.15) is 5.82 Å². The molecule has 1 saturated carbocycles. The highest BCUT2D eigenvalue weighted by Gasteiger charge is 2.37. The van der Waals surface area contributed by atoms with Crippen LogP contribution in [-0.2, 0) is 0 Å². The van der Waals surface area contributed by atoms with Gasteiger partial charge < -0.3 is 5.73 Å². The molecule has 2 N–H and O–H groups in total. The summed E-state index contributed by atoms with van der Waals surface area (Å²) in [6.45, 7) is 4.46. The van der Waals surface area contributed by atoms with Crippen LogP contribution in [0.15, 0.2) is 16.6 Å². The molecule has 19 heavy (non-hydrogen) atoms. The number of halogens is 3. The van der Waals surface area contributed by atoms with Crippen molar-refractivity contribution in [3.05, 3.63) is 33.0 Å². The van der Waals surface area contributed by atoms with Gasteiger partial charge in [-0.2, -0.15) is 0 Å². The monoisotopic (exact) mass is 347 g/mol. The second kappa shape index (κ2) is 5.71. The minimum atomic E-state index is -0.384. The number of rotatable bonds is 2. The Morgan fingerprint density at radius 2 is 2.11 bits per heavy atom. The Morgan fingerprint density at radius 1 is 1.42 bits per heavy atom. The molecular formula is C15H20BrClFN. The average Bonchev–Trinajstić information content (AvgIpc) is 2.35. The summed E-state index contributed by atoms with van der Waals surface area (Å²) in [4.78, 5) is 0. The fourth-order valence-electron chi connectivity index (χ4n) is 3.20. The molecule has 0 aromatic heterocycles. The molecule has 1 aliphatic carbocycles. The molecule has 0 radical (unpaired) electrons. The fraction of sp³-hybridized carbons (Fsp3) is 0.600. The standard InChI is InChI=1S/C15H20BrClFN/c1-15(2)8-4-3-5-10(15)14(19)9-6-7-11(16)12(17)13(9)18/h6-7,10,14H,3-5,8,19H2,1-2H3. The van der Waals surface area contributed by atoms with Gasteiger partial charge in [0.2, 0.25) is 0 Å². The molecule has 0 spiro atoms. The van der Waals surface area contributed by atoms with E-state index in [1.165, 1.54) is 12.8 Å². The number of nitrogens with two attached hydrogens (primary N) is 1. The lowest BCUT2D eigenvalue weighted by Gasteiger charge is -2.42. The Hall–Kier alpha value is -0.120. The predicted octanol–water partition coefficient (Wildman–Crippen LogP) is 5.46. The summed E-state index contributed by atoms with van der Waals surface area (Å²) < 4.78 is 14.9. The van der Waals surface area contributed by atoms with E-state index in [2.05, 4.69) is 29.8 Å². The molecule has 0 aliphatic heterocycles. The van der Waals surface area contributed by atoms with Crippen LogP contribution >= 0.6 is 27.5 Å². The van der Waals surface area contributed by atoms with E-state index in [-0.39, 0.29) is 22.3 Å². The molecule has 4 heteroatoms. The normalized spacial score (nSPS) is 24.2. The molecule has 0 amide bonds. The zero-order chi connectivity index (χ0) is 14.2. The van der Waals surface area contributed by atoms with E-state index in [0.717, 1.165) is 12.8 Å². The molecule has 106 valence electrons. The van der Waals surface area contributed by atoms with Crippen molar-refractivity contribution >= 4 is 27.5 Å². The molecule has 0 bridgehead atoms. The Morgan fingerprint density at radius 3 is 2.74 bits per heavy atom. The highest BCUT2D eigenvalue weighted by atomic mass is 79.9. The van der Waals surface area contributed by atoms with Crippen LogP contribution in [0.1, 0.15) is 51.1 Å². The van der Waals surface area contributed by atoms with Crippen LogP contribution in [0.3, 0.4) is 0 Å². The molecule has 2 rings (SSSR count). The minimum Gasteiger partial charge on any atom is -0.324 e. The summed E-state index contributed by atoms with van der Waals surface area (Å²) in [6.07, 6.45) is 4.62. The zero-order valence-corrected chi connectivity index (χ0v) is 13.7. The lowest BCUT2D eigenvalue weighted by molar-refractivity contribution is 0.111. The highest BCUT2D eigenvalue weighted by molar-refractivity contribution is 9.10. The molecular weight excluding hydrogens is 329 g/mol. The lowest BCUT2D eigenvalue weighted by atomic mass is 9.65. The van der Waals surface area contributed by atoms with Crippen LogP contribution < -0.4 is 5.73 Å². The van der Waals surface area contributed by atoms with Gasteiger partial charge >= 0.3 is 0 Å².